The summed E-state index contributed by atoms with van der Waals surface area (Å²) in [4.78, 5) is 0. The summed E-state index contributed by atoms with van der Waals surface area (Å²) in [5.74, 6) is 0. The number of hydrogen-bond acceptors (Lipinski definition) is 3. The SMILES string of the molecule is N[C@@H]1C[C@@H](OCc2ccccc2)C[C@@H]1N. The van der Waals surface area contributed by atoms with Crippen LogP contribution in [0.1, 0.15) is 18.4 Å². The minimum Gasteiger partial charge on any atom is -0.373 e. The van der Waals surface area contributed by atoms with Gasteiger partial charge >= 0.3 is 0 Å². The lowest BCUT2D eigenvalue weighted by molar-refractivity contribution is 0.0441. The Morgan fingerprint density at radius 2 is 1.67 bits per heavy atom. The number of rotatable bonds is 3. The molecule has 0 saturated heterocycles. The summed E-state index contributed by atoms with van der Waals surface area (Å²) in [5, 5.41) is 0. The van der Waals surface area contributed by atoms with Gasteiger partial charge in [-0.1, -0.05) is 30.3 Å². The first-order valence-electron chi connectivity index (χ1n) is 5.42. The molecule has 3 heteroatoms. The molecule has 1 aliphatic rings. The Balaban J connectivity index is 1.80. The van der Waals surface area contributed by atoms with Crippen molar-refractivity contribution in [2.75, 3.05) is 0 Å². The van der Waals surface area contributed by atoms with Crippen molar-refractivity contribution in [3.05, 3.63) is 35.9 Å². The van der Waals surface area contributed by atoms with Crippen LogP contribution < -0.4 is 11.5 Å². The quantitative estimate of drug-likeness (QED) is 0.776. The van der Waals surface area contributed by atoms with E-state index < -0.39 is 0 Å². The first kappa shape index (κ1) is 10.6. The maximum absolute atomic E-state index is 5.83. The van der Waals surface area contributed by atoms with Crippen LogP contribution in [-0.2, 0) is 11.3 Å². The standard InChI is InChI=1S/C12H18N2O/c13-11-6-10(7-12(11)14)15-8-9-4-2-1-3-5-9/h1-5,10-12H,6-8,13-14H2/t10-,11-,12+. The maximum atomic E-state index is 5.83. The second-order valence-electron chi connectivity index (χ2n) is 4.22. The molecule has 3 nitrogen and oxygen atoms in total. The van der Waals surface area contributed by atoms with E-state index in [9.17, 15) is 0 Å². The second-order valence-corrected chi connectivity index (χ2v) is 4.22. The molecule has 1 aromatic rings. The van der Waals surface area contributed by atoms with Gasteiger partial charge in [0.2, 0.25) is 0 Å². The molecule has 4 N–H and O–H groups in total. The number of hydrogen-bond donors (Lipinski definition) is 2. The zero-order chi connectivity index (χ0) is 10.7. The Hall–Kier alpha value is -0.900. The highest BCUT2D eigenvalue weighted by atomic mass is 16.5. The van der Waals surface area contributed by atoms with E-state index in [1.807, 2.05) is 18.2 Å². The summed E-state index contributed by atoms with van der Waals surface area (Å²) in [6, 6.07) is 10.4. The molecule has 0 aromatic heterocycles. The average Bonchev–Trinajstić information content (AvgIpc) is 2.57. The van der Waals surface area contributed by atoms with Gasteiger partial charge in [-0.25, -0.2) is 0 Å². The van der Waals surface area contributed by atoms with Gasteiger partial charge in [0.05, 0.1) is 12.7 Å². The average molecular weight is 206 g/mol. The van der Waals surface area contributed by atoms with Gasteiger partial charge in [0, 0.05) is 12.1 Å². The van der Waals surface area contributed by atoms with Gasteiger partial charge < -0.3 is 16.2 Å². The molecule has 0 unspecified atom stereocenters. The molecular formula is C12H18N2O. The molecule has 0 spiro atoms. The molecule has 0 radical (unpaired) electrons. The lowest BCUT2D eigenvalue weighted by Gasteiger charge is -2.11. The zero-order valence-corrected chi connectivity index (χ0v) is 8.80. The summed E-state index contributed by atoms with van der Waals surface area (Å²) in [6.07, 6.45) is 2.00. The van der Waals surface area contributed by atoms with Crippen LogP contribution >= 0.6 is 0 Å². The molecule has 2 rings (SSSR count). The van der Waals surface area contributed by atoms with E-state index in [2.05, 4.69) is 12.1 Å². The van der Waals surface area contributed by atoms with Crippen molar-refractivity contribution >= 4 is 0 Å². The minimum atomic E-state index is 0.103. The van der Waals surface area contributed by atoms with Crippen LogP contribution in [0.25, 0.3) is 0 Å². The van der Waals surface area contributed by atoms with Gasteiger partial charge in [0.15, 0.2) is 0 Å². The summed E-state index contributed by atoms with van der Waals surface area (Å²) >= 11 is 0. The van der Waals surface area contributed by atoms with Crippen LogP contribution in [-0.4, -0.2) is 18.2 Å². The first-order valence-corrected chi connectivity index (χ1v) is 5.42. The smallest absolute Gasteiger partial charge is 0.0720 e. The highest BCUT2D eigenvalue weighted by Crippen LogP contribution is 2.20. The normalized spacial score (nSPS) is 30.7. The summed E-state index contributed by atoms with van der Waals surface area (Å²) in [6.45, 7) is 0.658. The fourth-order valence-corrected chi connectivity index (χ4v) is 1.98. The van der Waals surface area contributed by atoms with Crippen molar-refractivity contribution in [1.29, 1.82) is 0 Å². The van der Waals surface area contributed by atoms with Crippen molar-refractivity contribution in [3.8, 4) is 0 Å². The van der Waals surface area contributed by atoms with Crippen LogP contribution in [0, 0.1) is 0 Å². The van der Waals surface area contributed by atoms with Crippen LogP contribution in [0.4, 0.5) is 0 Å². The fraction of sp³-hybridized carbons (Fsp3) is 0.500. The highest BCUT2D eigenvalue weighted by molar-refractivity contribution is 5.13. The summed E-state index contributed by atoms with van der Waals surface area (Å²) in [5.41, 5.74) is 12.9. The van der Waals surface area contributed by atoms with Crippen LogP contribution in [0.15, 0.2) is 30.3 Å². The second kappa shape index (κ2) is 4.75. The Kier molecular flexibility index (Phi) is 3.36. The van der Waals surface area contributed by atoms with Gasteiger partial charge in [0.25, 0.3) is 0 Å². The van der Waals surface area contributed by atoms with Crippen molar-refractivity contribution in [2.45, 2.75) is 37.6 Å². The molecule has 82 valence electrons. The van der Waals surface area contributed by atoms with Crippen molar-refractivity contribution in [3.63, 3.8) is 0 Å². The molecule has 1 aliphatic carbocycles. The third kappa shape index (κ3) is 2.78. The Labute approximate surface area is 90.4 Å². The van der Waals surface area contributed by atoms with Crippen LogP contribution in [0.3, 0.4) is 0 Å². The van der Waals surface area contributed by atoms with Crippen LogP contribution in [0.5, 0.6) is 0 Å². The lowest BCUT2D eigenvalue weighted by Crippen LogP contribution is -2.35. The topological polar surface area (TPSA) is 61.3 Å². The third-order valence-electron chi connectivity index (χ3n) is 2.95. The van der Waals surface area contributed by atoms with E-state index in [0.29, 0.717) is 6.61 Å². The van der Waals surface area contributed by atoms with E-state index in [-0.39, 0.29) is 18.2 Å². The van der Waals surface area contributed by atoms with Gasteiger partial charge in [0.1, 0.15) is 0 Å². The van der Waals surface area contributed by atoms with Crippen molar-refractivity contribution < 1.29 is 4.74 Å². The Morgan fingerprint density at radius 1 is 1.07 bits per heavy atom. The first-order chi connectivity index (χ1) is 7.25. The van der Waals surface area contributed by atoms with E-state index >= 15 is 0 Å². The predicted octanol–water partition coefficient (Wildman–Crippen LogP) is 1.02. The Morgan fingerprint density at radius 3 is 2.27 bits per heavy atom. The van der Waals surface area contributed by atoms with Gasteiger partial charge in [-0.2, -0.15) is 0 Å². The Bertz CT molecular complexity index is 292. The van der Waals surface area contributed by atoms with E-state index in [0.717, 1.165) is 12.8 Å². The fourth-order valence-electron chi connectivity index (χ4n) is 1.98. The number of ether oxygens (including phenoxy) is 1. The molecule has 1 fully saturated rings. The third-order valence-corrected chi connectivity index (χ3v) is 2.95. The van der Waals surface area contributed by atoms with Crippen LogP contribution in [0.2, 0.25) is 0 Å². The molecule has 0 aliphatic heterocycles. The predicted molar refractivity (Wildman–Crippen MR) is 60.2 cm³/mol. The highest BCUT2D eigenvalue weighted by Gasteiger charge is 2.29. The van der Waals surface area contributed by atoms with Crippen molar-refractivity contribution in [1.82, 2.24) is 0 Å². The molecule has 1 aromatic carbocycles. The summed E-state index contributed by atoms with van der Waals surface area (Å²) < 4.78 is 5.77. The molecule has 0 heterocycles. The van der Waals surface area contributed by atoms with E-state index in [1.54, 1.807) is 0 Å². The largest absolute Gasteiger partial charge is 0.373 e. The van der Waals surface area contributed by atoms with E-state index in [1.165, 1.54) is 5.56 Å². The molecule has 1 saturated carbocycles. The molecule has 0 bridgehead atoms. The van der Waals surface area contributed by atoms with E-state index in [4.69, 9.17) is 16.2 Å². The summed E-state index contributed by atoms with van der Waals surface area (Å²) in [7, 11) is 0. The maximum Gasteiger partial charge on any atom is 0.0720 e. The lowest BCUT2D eigenvalue weighted by atomic mass is 10.2. The molecule has 0 amide bonds. The molecular weight excluding hydrogens is 188 g/mol. The zero-order valence-electron chi connectivity index (χ0n) is 8.80. The van der Waals surface area contributed by atoms with Gasteiger partial charge in [-0.3, -0.25) is 0 Å². The minimum absolute atomic E-state index is 0.103. The number of nitrogens with two attached hydrogens (primary N) is 2. The molecule has 15 heavy (non-hydrogen) atoms. The number of benzene rings is 1. The van der Waals surface area contributed by atoms with Gasteiger partial charge in [-0.05, 0) is 18.4 Å². The van der Waals surface area contributed by atoms with Crippen molar-refractivity contribution in [2.24, 2.45) is 11.5 Å². The van der Waals surface area contributed by atoms with Gasteiger partial charge in [-0.15, -0.1) is 0 Å². The monoisotopic (exact) mass is 206 g/mol. The molecule has 3 atom stereocenters.